The van der Waals surface area contributed by atoms with E-state index in [0.29, 0.717) is 18.4 Å². The summed E-state index contributed by atoms with van der Waals surface area (Å²) in [5, 5.41) is 3.23. The van der Waals surface area contributed by atoms with Crippen LogP contribution in [-0.2, 0) is 17.8 Å². The first kappa shape index (κ1) is 22.2. The van der Waals surface area contributed by atoms with Crippen LogP contribution in [0.5, 0.6) is 11.5 Å². The fourth-order valence-corrected chi connectivity index (χ4v) is 4.15. The number of anilines is 1. The van der Waals surface area contributed by atoms with Crippen LogP contribution in [0.25, 0.3) is 0 Å². The van der Waals surface area contributed by atoms with Crippen LogP contribution < -0.4 is 14.8 Å². The van der Waals surface area contributed by atoms with Gasteiger partial charge in [-0.05, 0) is 52.6 Å². The second-order valence-corrected chi connectivity index (χ2v) is 8.61. The van der Waals surface area contributed by atoms with Crippen LogP contribution in [0, 0.1) is 0 Å². The Morgan fingerprint density at radius 1 is 1.00 bits per heavy atom. The van der Waals surface area contributed by atoms with Gasteiger partial charge in [-0.1, -0.05) is 45.9 Å². The van der Waals surface area contributed by atoms with E-state index in [2.05, 4.69) is 62.2 Å². The van der Waals surface area contributed by atoms with Gasteiger partial charge in [-0.3, -0.25) is 9.69 Å². The SMILES string of the molecule is COc1cc2c(cc1OC)CN(CC(=O)Nc1c(C(C)C)cccc1C(C)C)CC2. The number of fused-ring (bicyclic) bond motifs is 1. The number of para-hydroxylation sites is 1. The Morgan fingerprint density at radius 2 is 1.57 bits per heavy atom. The zero-order chi connectivity index (χ0) is 21.8. The van der Waals surface area contributed by atoms with Crippen LogP contribution in [0.1, 0.15) is 61.8 Å². The zero-order valence-electron chi connectivity index (χ0n) is 19.0. The number of nitrogens with one attached hydrogen (secondary N) is 1. The molecule has 0 unspecified atom stereocenters. The predicted octanol–water partition coefficient (Wildman–Crippen LogP) is 4.95. The number of methoxy groups -OCH3 is 2. The Balaban J connectivity index is 1.74. The molecule has 0 bridgehead atoms. The molecule has 5 nitrogen and oxygen atoms in total. The number of nitrogens with zero attached hydrogens (tertiary/aromatic N) is 1. The zero-order valence-corrected chi connectivity index (χ0v) is 19.0. The van der Waals surface area contributed by atoms with Gasteiger partial charge in [0.1, 0.15) is 0 Å². The molecule has 0 saturated heterocycles. The molecule has 1 aliphatic rings. The van der Waals surface area contributed by atoms with E-state index in [0.717, 1.165) is 36.7 Å². The smallest absolute Gasteiger partial charge is 0.238 e. The molecule has 0 radical (unpaired) electrons. The second-order valence-electron chi connectivity index (χ2n) is 8.61. The van der Waals surface area contributed by atoms with Gasteiger partial charge in [0.05, 0.1) is 20.8 Å². The Labute approximate surface area is 180 Å². The summed E-state index contributed by atoms with van der Waals surface area (Å²) in [7, 11) is 3.31. The van der Waals surface area contributed by atoms with Crippen molar-refractivity contribution < 1.29 is 14.3 Å². The van der Waals surface area contributed by atoms with Crippen LogP contribution in [0.4, 0.5) is 5.69 Å². The Bertz CT molecular complexity index is 879. The molecule has 0 atom stereocenters. The number of carbonyl (C=O) groups excluding carboxylic acids is 1. The van der Waals surface area contributed by atoms with E-state index in [9.17, 15) is 4.79 Å². The molecular formula is C25H34N2O3. The van der Waals surface area contributed by atoms with Gasteiger partial charge in [0.15, 0.2) is 11.5 Å². The predicted molar refractivity (Wildman–Crippen MR) is 122 cm³/mol. The number of rotatable bonds is 7. The van der Waals surface area contributed by atoms with E-state index in [-0.39, 0.29) is 5.91 Å². The van der Waals surface area contributed by atoms with Crippen LogP contribution in [-0.4, -0.2) is 38.1 Å². The molecule has 0 saturated carbocycles. The highest BCUT2D eigenvalue weighted by atomic mass is 16.5. The Morgan fingerprint density at radius 3 is 2.10 bits per heavy atom. The summed E-state index contributed by atoms with van der Waals surface area (Å²) < 4.78 is 10.9. The molecule has 0 aliphatic carbocycles. The van der Waals surface area contributed by atoms with Crippen molar-refractivity contribution in [2.24, 2.45) is 0 Å². The van der Waals surface area contributed by atoms with Crippen molar-refractivity contribution in [3.8, 4) is 11.5 Å². The molecule has 5 heteroatoms. The van der Waals surface area contributed by atoms with Gasteiger partial charge in [0.25, 0.3) is 0 Å². The summed E-state index contributed by atoms with van der Waals surface area (Å²) in [6, 6.07) is 10.4. The highest BCUT2D eigenvalue weighted by molar-refractivity contribution is 5.94. The molecule has 162 valence electrons. The molecule has 1 aliphatic heterocycles. The molecule has 0 spiro atoms. The maximum Gasteiger partial charge on any atom is 0.238 e. The van der Waals surface area contributed by atoms with Crippen LogP contribution >= 0.6 is 0 Å². The van der Waals surface area contributed by atoms with Crippen molar-refractivity contribution in [1.82, 2.24) is 4.90 Å². The number of carbonyl (C=O) groups is 1. The summed E-state index contributed by atoms with van der Waals surface area (Å²) in [6.45, 7) is 10.6. The van der Waals surface area contributed by atoms with E-state index in [1.807, 2.05) is 6.07 Å². The van der Waals surface area contributed by atoms with Gasteiger partial charge in [-0.25, -0.2) is 0 Å². The third-order valence-corrected chi connectivity index (χ3v) is 5.80. The number of amides is 1. The third kappa shape index (κ3) is 4.78. The third-order valence-electron chi connectivity index (χ3n) is 5.80. The van der Waals surface area contributed by atoms with Crippen molar-refractivity contribution in [1.29, 1.82) is 0 Å². The highest BCUT2D eigenvalue weighted by Crippen LogP contribution is 2.34. The van der Waals surface area contributed by atoms with Gasteiger partial charge in [0, 0.05) is 18.8 Å². The van der Waals surface area contributed by atoms with Gasteiger partial charge < -0.3 is 14.8 Å². The summed E-state index contributed by atoms with van der Waals surface area (Å²) in [4.78, 5) is 15.2. The minimum atomic E-state index is 0.0360. The van der Waals surface area contributed by atoms with Crippen molar-refractivity contribution in [2.45, 2.75) is 52.5 Å². The van der Waals surface area contributed by atoms with Crippen molar-refractivity contribution in [2.75, 3.05) is 32.6 Å². The molecular weight excluding hydrogens is 376 g/mol. The molecule has 30 heavy (non-hydrogen) atoms. The molecule has 3 rings (SSSR count). The molecule has 1 heterocycles. The largest absolute Gasteiger partial charge is 0.493 e. The second kappa shape index (κ2) is 9.52. The monoisotopic (exact) mass is 410 g/mol. The number of hydrogen-bond donors (Lipinski definition) is 1. The minimum absolute atomic E-state index is 0.0360. The Hall–Kier alpha value is -2.53. The highest BCUT2D eigenvalue weighted by Gasteiger charge is 2.22. The molecule has 1 N–H and O–H groups in total. The summed E-state index contributed by atoms with van der Waals surface area (Å²) in [5.41, 5.74) is 5.82. The van der Waals surface area contributed by atoms with Gasteiger partial charge in [-0.2, -0.15) is 0 Å². The lowest BCUT2D eigenvalue weighted by molar-refractivity contribution is -0.117. The van der Waals surface area contributed by atoms with Gasteiger partial charge in [-0.15, -0.1) is 0 Å². The minimum Gasteiger partial charge on any atom is -0.493 e. The lowest BCUT2D eigenvalue weighted by atomic mass is 9.92. The lowest BCUT2D eigenvalue weighted by Gasteiger charge is -2.29. The molecule has 0 aromatic heterocycles. The summed E-state index contributed by atoms with van der Waals surface area (Å²) >= 11 is 0. The van der Waals surface area contributed by atoms with Crippen molar-refractivity contribution in [3.05, 3.63) is 52.6 Å². The number of hydrogen-bond acceptors (Lipinski definition) is 4. The van der Waals surface area contributed by atoms with E-state index in [1.165, 1.54) is 22.3 Å². The van der Waals surface area contributed by atoms with Crippen molar-refractivity contribution in [3.63, 3.8) is 0 Å². The normalized spacial score (nSPS) is 14.0. The van der Waals surface area contributed by atoms with E-state index in [1.54, 1.807) is 14.2 Å². The summed E-state index contributed by atoms with van der Waals surface area (Å²) in [5.74, 6) is 2.23. The number of ether oxygens (including phenoxy) is 2. The van der Waals surface area contributed by atoms with Crippen LogP contribution in [0.15, 0.2) is 30.3 Å². The Kier molecular flexibility index (Phi) is 7.03. The average molecular weight is 411 g/mol. The van der Waals surface area contributed by atoms with E-state index >= 15 is 0 Å². The molecule has 2 aromatic carbocycles. The molecule has 0 fully saturated rings. The van der Waals surface area contributed by atoms with Crippen LogP contribution in [0.3, 0.4) is 0 Å². The standard InChI is InChI=1S/C25H34N2O3/c1-16(2)20-8-7-9-21(17(3)4)25(20)26-24(28)15-27-11-10-18-12-22(29-5)23(30-6)13-19(18)14-27/h7-9,12-13,16-17H,10-11,14-15H2,1-6H3,(H,26,28). The topological polar surface area (TPSA) is 50.8 Å². The van der Waals surface area contributed by atoms with Gasteiger partial charge >= 0.3 is 0 Å². The number of benzene rings is 2. The van der Waals surface area contributed by atoms with E-state index < -0.39 is 0 Å². The first-order valence-electron chi connectivity index (χ1n) is 10.7. The fourth-order valence-electron chi connectivity index (χ4n) is 4.15. The maximum absolute atomic E-state index is 13.0. The van der Waals surface area contributed by atoms with Crippen LogP contribution in [0.2, 0.25) is 0 Å². The first-order valence-corrected chi connectivity index (χ1v) is 10.7. The van der Waals surface area contributed by atoms with Gasteiger partial charge in [0.2, 0.25) is 5.91 Å². The first-order chi connectivity index (χ1) is 14.3. The molecule has 2 aromatic rings. The van der Waals surface area contributed by atoms with E-state index in [4.69, 9.17) is 9.47 Å². The maximum atomic E-state index is 13.0. The van der Waals surface area contributed by atoms with Crippen molar-refractivity contribution >= 4 is 11.6 Å². The fraction of sp³-hybridized carbons (Fsp3) is 0.480. The lowest BCUT2D eigenvalue weighted by Crippen LogP contribution is -2.37. The average Bonchev–Trinajstić information content (AvgIpc) is 2.72. The quantitative estimate of drug-likeness (QED) is 0.702. The summed E-state index contributed by atoms with van der Waals surface area (Å²) in [6.07, 6.45) is 0.892. The molecule has 1 amide bonds.